The smallest absolute Gasteiger partial charge is 0.264 e. The summed E-state index contributed by atoms with van der Waals surface area (Å²) in [5, 5.41) is 3.04. The Morgan fingerprint density at radius 1 is 0.971 bits per heavy atom. The Morgan fingerprint density at radius 2 is 1.57 bits per heavy atom. The number of nitrogens with zero attached hydrogens (tertiary/aromatic N) is 2. The van der Waals surface area contributed by atoms with E-state index in [4.69, 9.17) is 11.6 Å². The van der Waals surface area contributed by atoms with Crippen molar-refractivity contribution >= 4 is 39.1 Å². The maximum Gasteiger partial charge on any atom is 0.264 e. The summed E-state index contributed by atoms with van der Waals surface area (Å²) >= 11 is 5.96. The zero-order valence-electron chi connectivity index (χ0n) is 19.2. The molecule has 1 N–H and O–H groups in total. The molecule has 0 saturated heterocycles. The van der Waals surface area contributed by atoms with Crippen molar-refractivity contribution in [2.45, 2.75) is 24.4 Å². The third-order valence-corrected chi connectivity index (χ3v) is 7.44. The Morgan fingerprint density at radius 3 is 2.14 bits per heavy atom. The van der Waals surface area contributed by atoms with Gasteiger partial charge in [-0.25, -0.2) is 12.8 Å². The van der Waals surface area contributed by atoms with E-state index in [1.54, 1.807) is 61.5 Å². The second-order valence-corrected chi connectivity index (χ2v) is 10.0. The number of likely N-dealkylation sites (N-methyl/N-ethyl adjacent to an activating group) is 1. The van der Waals surface area contributed by atoms with Crippen LogP contribution in [0.1, 0.15) is 12.5 Å². The average molecular weight is 518 g/mol. The van der Waals surface area contributed by atoms with Crippen LogP contribution in [0.5, 0.6) is 0 Å². The number of amides is 2. The summed E-state index contributed by atoms with van der Waals surface area (Å²) in [6.45, 7) is 1.05. The highest BCUT2D eigenvalue weighted by atomic mass is 35.5. The third kappa shape index (κ3) is 6.37. The lowest BCUT2D eigenvalue weighted by Crippen LogP contribution is -2.50. The molecule has 0 saturated carbocycles. The Kier molecular flexibility index (Phi) is 8.48. The van der Waals surface area contributed by atoms with Crippen LogP contribution in [0.4, 0.5) is 10.1 Å². The number of carbonyl (C=O) groups is 2. The van der Waals surface area contributed by atoms with E-state index >= 15 is 0 Å². The Bertz CT molecular complexity index is 1270. The highest BCUT2D eigenvalue weighted by Crippen LogP contribution is 2.24. The predicted molar refractivity (Wildman–Crippen MR) is 133 cm³/mol. The second-order valence-electron chi connectivity index (χ2n) is 7.74. The molecular formula is C25H25ClFN3O4S. The molecule has 2 amide bonds. The molecule has 0 heterocycles. The normalized spacial score (nSPS) is 12.0. The van der Waals surface area contributed by atoms with E-state index in [9.17, 15) is 22.4 Å². The van der Waals surface area contributed by atoms with Gasteiger partial charge in [-0.1, -0.05) is 41.9 Å². The summed E-state index contributed by atoms with van der Waals surface area (Å²) in [4.78, 5) is 27.1. The first-order valence-corrected chi connectivity index (χ1v) is 12.5. The monoisotopic (exact) mass is 517 g/mol. The molecule has 184 valence electrons. The quantitative estimate of drug-likeness (QED) is 0.467. The summed E-state index contributed by atoms with van der Waals surface area (Å²) in [7, 11) is -2.77. The topological polar surface area (TPSA) is 86.8 Å². The molecule has 7 nitrogen and oxygen atoms in total. The molecule has 10 heteroatoms. The van der Waals surface area contributed by atoms with Crippen LogP contribution in [0.15, 0.2) is 83.8 Å². The van der Waals surface area contributed by atoms with Crippen LogP contribution in [-0.4, -0.2) is 44.8 Å². The van der Waals surface area contributed by atoms with Crippen LogP contribution < -0.4 is 9.62 Å². The van der Waals surface area contributed by atoms with Crippen molar-refractivity contribution in [3.05, 3.63) is 95.3 Å². The predicted octanol–water partition coefficient (Wildman–Crippen LogP) is 3.84. The fraction of sp³-hybridized carbons (Fsp3) is 0.200. The van der Waals surface area contributed by atoms with E-state index < -0.39 is 40.2 Å². The molecule has 35 heavy (non-hydrogen) atoms. The summed E-state index contributed by atoms with van der Waals surface area (Å²) in [5.74, 6) is -1.58. The Hall–Kier alpha value is -3.43. The van der Waals surface area contributed by atoms with Crippen LogP contribution in [0.25, 0.3) is 0 Å². The highest BCUT2D eigenvalue weighted by Gasteiger charge is 2.32. The van der Waals surface area contributed by atoms with Gasteiger partial charge in [-0.2, -0.15) is 0 Å². The van der Waals surface area contributed by atoms with Crippen molar-refractivity contribution in [1.82, 2.24) is 10.2 Å². The van der Waals surface area contributed by atoms with Crippen molar-refractivity contribution in [2.75, 3.05) is 17.9 Å². The molecule has 0 spiro atoms. The number of nitrogens with one attached hydrogen (secondary N) is 1. The molecule has 0 fully saturated rings. The van der Waals surface area contributed by atoms with Gasteiger partial charge >= 0.3 is 0 Å². The lowest BCUT2D eigenvalue weighted by Gasteiger charge is -2.31. The van der Waals surface area contributed by atoms with Crippen molar-refractivity contribution in [3.63, 3.8) is 0 Å². The largest absolute Gasteiger partial charge is 0.357 e. The van der Waals surface area contributed by atoms with E-state index in [1.165, 1.54) is 11.9 Å². The van der Waals surface area contributed by atoms with Gasteiger partial charge in [-0.15, -0.1) is 0 Å². The molecule has 0 bridgehead atoms. The van der Waals surface area contributed by atoms with Crippen molar-refractivity contribution in [3.8, 4) is 0 Å². The lowest BCUT2D eigenvalue weighted by atomic mass is 10.1. The average Bonchev–Trinajstić information content (AvgIpc) is 2.86. The van der Waals surface area contributed by atoms with Crippen molar-refractivity contribution in [2.24, 2.45) is 0 Å². The first-order chi connectivity index (χ1) is 16.6. The minimum absolute atomic E-state index is 0.0593. The minimum Gasteiger partial charge on any atom is -0.357 e. The molecule has 1 atom stereocenters. The summed E-state index contributed by atoms with van der Waals surface area (Å²) in [5.41, 5.74) is 0.968. The van der Waals surface area contributed by atoms with Crippen LogP contribution in [0.2, 0.25) is 5.02 Å². The highest BCUT2D eigenvalue weighted by molar-refractivity contribution is 7.92. The number of sulfonamides is 1. The van der Waals surface area contributed by atoms with Gasteiger partial charge in [-0.05, 0) is 61.0 Å². The van der Waals surface area contributed by atoms with Gasteiger partial charge in [0.25, 0.3) is 10.0 Å². The first kappa shape index (κ1) is 26.2. The van der Waals surface area contributed by atoms with Gasteiger partial charge in [0, 0.05) is 18.6 Å². The molecule has 0 aliphatic heterocycles. The van der Waals surface area contributed by atoms with E-state index in [0.29, 0.717) is 10.6 Å². The number of para-hydroxylation sites is 1. The SMILES string of the molecule is CNC(=O)[C@H](C)N(Cc1ccc(Cl)cc1)C(=O)CN(c1ccccc1)S(=O)(=O)c1ccc(F)cc1. The zero-order valence-corrected chi connectivity index (χ0v) is 20.8. The molecule has 3 aromatic carbocycles. The summed E-state index contributed by atoms with van der Waals surface area (Å²) in [6.07, 6.45) is 0. The van der Waals surface area contributed by atoms with Crippen LogP contribution in [0, 0.1) is 5.82 Å². The van der Waals surface area contributed by atoms with E-state index in [-0.39, 0.29) is 17.1 Å². The Labute approximate surface area is 209 Å². The number of hydrogen-bond donors (Lipinski definition) is 1. The molecule has 0 unspecified atom stereocenters. The summed E-state index contributed by atoms with van der Waals surface area (Å²) < 4.78 is 41.4. The first-order valence-electron chi connectivity index (χ1n) is 10.7. The number of anilines is 1. The minimum atomic E-state index is -4.23. The van der Waals surface area contributed by atoms with E-state index in [0.717, 1.165) is 28.6 Å². The van der Waals surface area contributed by atoms with Gasteiger partial charge in [0.1, 0.15) is 18.4 Å². The molecule has 3 aromatic rings. The van der Waals surface area contributed by atoms with Crippen molar-refractivity contribution < 1.29 is 22.4 Å². The maximum atomic E-state index is 13.5. The molecule has 3 rings (SSSR count). The van der Waals surface area contributed by atoms with Gasteiger partial charge < -0.3 is 10.2 Å². The van der Waals surface area contributed by atoms with Crippen LogP contribution in [-0.2, 0) is 26.2 Å². The molecule has 0 radical (unpaired) electrons. The number of carbonyl (C=O) groups excluding carboxylic acids is 2. The van der Waals surface area contributed by atoms with Crippen molar-refractivity contribution in [1.29, 1.82) is 0 Å². The number of hydrogen-bond acceptors (Lipinski definition) is 4. The maximum absolute atomic E-state index is 13.5. The number of benzene rings is 3. The Balaban J connectivity index is 1.99. The second kappa shape index (κ2) is 11.3. The third-order valence-electron chi connectivity index (χ3n) is 5.40. The number of rotatable bonds is 9. The van der Waals surface area contributed by atoms with Gasteiger partial charge in [0.15, 0.2) is 0 Å². The fourth-order valence-corrected chi connectivity index (χ4v) is 4.97. The number of halogens is 2. The van der Waals surface area contributed by atoms with Gasteiger partial charge in [-0.3, -0.25) is 13.9 Å². The molecule has 0 aliphatic carbocycles. The lowest BCUT2D eigenvalue weighted by molar-refractivity contribution is -0.139. The molecular weight excluding hydrogens is 493 g/mol. The van der Waals surface area contributed by atoms with Gasteiger partial charge in [0.05, 0.1) is 10.6 Å². The van der Waals surface area contributed by atoms with E-state index in [2.05, 4.69) is 5.32 Å². The molecule has 0 aliphatic rings. The van der Waals surface area contributed by atoms with E-state index in [1.807, 2.05) is 0 Å². The van der Waals surface area contributed by atoms with Gasteiger partial charge in [0.2, 0.25) is 11.8 Å². The molecule has 0 aromatic heterocycles. The summed E-state index contributed by atoms with van der Waals surface area (Å²) in [6, 6.07) is 18.4. The standard InChI is InChI=1S/C25H25ClFN3O4S/c1-18(25(32)28-2)29(16-19-8-10-20(26)11-9-19)24(31)17-30(22-6-4-3-5-7-22)35(33,34)23-14-12-21(27)13-15-23/h3-15,18H,16-17H2,1-2H3,(H,28,32)/t18-/m0/s1. The zero-order chi connectivity index (χ0) is 25.6. The van der Waals surface area contributed by atoms with Crippen LogP contribution in [0.3, 0.4) is 0 Å². The van der Waals surface area contributed by atoms with Crippen LogP contribution >= 0.6 is 11.6 Å². The fourth-order valence-electron chi connectivity index (χ4n) is 3.43.